The molecular formula is C31H33N5O2. The van der Waals surface area contributed by atoms with Crippen molar-refractivity contribution in [2.24, 2.45) is 5.92 Å². The molecule has 3 aromatic carbocycles. The molecule has 1 fully saturated rings. The van der Waals surface area contributed by atoms with Crippen LogP contribution in [0.4, 0.5) is 11.8 Å². The van der Waals surface area contributed by atoms with E-state index in [-0.39, 0.29) is 11.7 Å². The SMILES string of the molecule is CN(C)c1nc(N[C@H]2CC[C@@H](CNC(=O)c3ccccc3C(=O)c3ccccc3)CC2)nc2ccccc12. The van der Waals surface area contributed by atoms with Crippen LogP contribution in [0, 0.1) is 5.92 Å². The van der Waals surface area contributed by atoms with Crippen LogP contribution >= 0.6 is 0 Å². The predicted octanol–water partition coefficient (Wildman–Crippen LogP) is 5.33. The van der Waals surface area contributed by atoms with Gasteiger partial charge in [0.05, 0.1) is 11.1 Å². The van der Waals surface area contributed by atoms with Gasteiger partial charge in [0.15, 0.2) is 5.78 Å². The van der Waals surface area contributed by atoms with Crippen LogP contribution in [-0.2, 0) is 0 Å². The molecule has 7 nitrogen and oxygen atoms in total. The molecule has 38 heavy (non-hydrogen) atoms. The minimum atomic E-state index is -0.203. The second kappa shape index (κ2) is 11.4. The van der Waals surface area contributed by atoms with Crippen molar-refractivity contribution in [3.63, 3.8) is 0 Å². The number of carbonyl (C=O) groups excluding carboxylic acids is 2. The van der Waals surface area contributed by atoms with Gasteiger partial charge in [-0.3, -0.25) is 9.59 Å². The average molecular weight is 508 g/mol. The first-order valence-electron chi connectivity index (χ1n) is 13.2. The van der Waals surface area contributed by atoms with Gasteiger partial charge >= 0.3 is 0 Å². The Kier molecular flexibility index (Phi) is 7.63. The molecule has 0 unspecified atom stereocenters. The summed E-state index contributed by atoms with van der Waals surface area (Å²) in [6, 6.07) is 24.5. The molecule has 0 bridgehead atoms. The molecule has 7 heteroatoms. The van der Waals surface area contributed by atoms with E-state index in [2.05, 4.69) is 10.6 Å². The van der Waals surface area contributed by atoms with Crippen molar-refractivity contribution in [1.82, 2.24) is 15.3 Å². The first kappa shape index (κ1) is 25.4. The van der Waals surface area contributed by atoms with E-state index in [9.17, 15) is 9.59 Å². The number of fused-ring (bicyclic) bond motifs is 1. The van der Waals surface area contributed by atoms with Crippen molar-refractivity contribution in [1.29, 1.82) is 0 Å². The normalized spacial score (nSPS) is 17.1. The van der Waals surface area contributed by atoms with Gasteiger partial charge in [0, 0.05) is 43.2 Å². The largest absolute Gasteiger partial charge is 0.362 e. The monoisotopic (exact) mass is 507 g/mol. The van der Waals surface area contributed by atoms with E-state index >= 15 is 0 Å². The smallest absolute Gasteiger partial charge is 0.252 e. The molecule has 194 valence electrons. The highest BCUT2D eigenvalue weighted by molar-refractivity contribution is 6.15. The number of hydrogen-bond donors (Lipinski definition) is 2. The van der Waals surface area contributed by atoms with Gasteiger partial charge in [-0.1, -0.05) is 60.7 Å². The lowest BCUT2D eigenvalue weighted by molar-refractivity contribution is 0.0933. The maximum atomic E-state index is 13.0. The summed E-state index contributed by atoms with van der Waals surface area (Å²) in [7, 11) is 3.99. The highest BCUT2D eigenvalue weighted by Crippen LogP contribution is 2.28. The number of aromatic nitrogens is 2. The Labute approximate surface area is 223 Å². The first-order chi connectivity index (χ1) is 18.5. The highest BCUT2D eigenvalue weighted by atomic mass is 16.2. The second-order valence-electron chi connectivity index (χ2n) is 10.1. The molecule has 0 saturated heterocycles. The van der Waals surface area contributed by atoms with E-state index < -0.39 is 0 Å². The fraction of sp³-hybridized carbons (Fsp3) is 0.290. The molecule has 0 spiro atoms. The number of carbonyl (C=O) groups is 2. The minimum Gasteiger partial charge on any atom is -0.362 e. The maximum absolute atomic E-state index is 13.0. The third kappa shape index (κ3) is 5.67. The number of hydrogen-bond acceptors (Lipinski definition) is 6. The fourth-order valence-electron chi connectivity index (χ4n) is 5.12. The van der Waals surface area contributed by atoms with Gasteiger partial charge in [0.1, 0.15) is 5.82 Å². The number of para-hydroxylation sites is 1. The van der Waals surface area contributed by atoms with Crippen LogP contribution in [-0.4, -0.2) is 48.3 Å². The van der Waals surface area contributed by atoms with E-state index in [1.165, 1.54) is 0 Å². The number of nitrogens with zero attached hydrogens (tertiary/aromatic N) is 3. The van der Waals surface area contributed by atoms with Crippen molar-refractivity contribution in [2.45, 2.75) is 31.7 Å². The lowest BCUT2D eigenvalue weighted by atomic mass is 9.86. The highest BCUT2D eigenvalue weighted by Gasteiger charge is 2.24. The fourth-order valence-corrected chi connectivity index (χ4v) is 5.12. The zero-order valence-electron chi connectivity index (χ0n) is 21.9. The summed E-state index contributed by atoms with van der Waals surface area (Å²) in [5.74, 6) is 1.61. The molecule has 0 atom stereocenters. The molecule has 4 aromatic rings. The van der Waals surface area contributed by atoms with E-state index in [4.69, 9.17) is 9.97 Å². The Morgan fingerprint density at radius 2 is 1.47 bits per heavy atom. The zero-order valence-corrected chi connectivity index (χ0v) is 21.9. The summed E-state index contributed by atoms with van der Waals surface area (Å²) >= 11 is 0. The van der Waals surface area contributed by atoms with Gasteiger partial charge in [-0.2, -0.15) is 4.98 Å². The summed E-state index contributed by atoms with van der Waals surface area (Å²) in [6.07, 6.45) is 3.96. The summed E-state index contributed by atoms with van der Waals surface area (Å²) in [5, 5.41) is 7.66. The molecule has 1 amide bonds. The van der Waals surface area contributed by atoms with Gasteiger partial charge in [-0.15, -0.1) is 0 Å². The molecule has 1 heterocycles. The van der Waals surface area contributed by atoms with Crippen molar-refractivity contribution in [3.8, 4) is 0 Å². The predicted molar refractivity (Wildman–Crippen MR) is 152 cm³/mol. The van der Waals surface area contributed by atoms with Gasteiger partial charge in [0.25, 0.3) is 5.91 Å². The molecule has 1 aliphatic rings. The van der Waals surface area contributed by atoms with Crippen LogP contribution < -0.4 is 15.5 Å². The number of anilines is 2. The minimum absolute atomic E-state index is 0.142. The number of benzene rings is 3. The lowest BCUT2D eigenvalue weighted by Gasteiger charge is -2.29. The number of rotatable bonds is 8. The lowest BCUT2D eigenvalue weighted by Crippen LogP contribution is -2.34. The summed E-state index contributed by atoms with van der Waals surface area (Å²) < 4.78 is 0. The molecule has 5 rings (SSSR count). The molecule has 1 saturated carbocycles. The van der Waals surface area contributed by atoms with Gasteiger partial charge in [-0.25, -0.2) is 4.98 Å². The summed E-state index contributed by atoms with van der Waals surface area (Å²) in [5.41, 5.74) is 2.35. The molecule has 1 aliphatic carbocycles. The Morgan fingerprint density at radius 3 is 2.21 bits per heavy atom. The third-order valence-electron chi connectivity index (χ3n) is 7.19. The van der Waals surface area contributed by atoms with Crippen molar-refractivity contribution in [3.05, 3.63) is 95.6 Å². The topological polar surface area (TPSA) is 87.2 Å². The van der Waals surface area contributed by atoms with Crippen LogP contribution in [0.1, 0.15) is 52.0 Å². The standard InChI is InChI=1S/C31H33N5O2/c1-36(2)29-26-14-8-9-15-27(26)34-31(35-29)33-23-18-16-21(17-19-23)20-32-30(38)25-13-7-6-12-24(25)28(37)22-10-4-3-5-11-22/h3-15,21,23H,16-20H2,1-2H3,(H,32,38)(H,33,34,35)/t21-,23+. The molecule has 1 aromatic heterocycles. The number of amides is 1. The maximum Gasteiger partial charge on any atom is 0.252 e. The average Bonchev–Trinajstić information content (AvgIpc) is 2.96. The summed E-state index contributed by atoms with van der Waals surface area (Å²) in [6.45, 7) is 0.594. The number of nitrogens with one attached hydrogen (secondary N) is 2. The zero-order chi connectivity index (χ0) is 26.5. The Bertz CT molecular complexity index is 1430. The summed E-state index contributed by atoms with van der Waals surface area (Å²) in [4.78, 5) is 37.6. The van der Waals surface area contributed by atoms with Crippen LogP contribution in [0.15, 0.2) is 78.9 Å². The van der Waals surface area contributed by atoms with E-state index in [1.54, 1.807) is 36.4 Å². The molecule has 2 N–H and O–H groups in total. The Morgan fingerprint density at radius 1 is 0.816 bits per heavy atom. The van der Waals surface area contributed by atoms with Gasteiger partial charge in [-0.05, 0) is 49.8 Å². The van der Waals surface area contributed by atoms with Crippen LogP contribution in [0.2, 0.25) is 0 Å². The van der Waals surface area contributed by atoms with E-state index in [0.717, 1.165) is 42.4 Å². The second-order valence-corrected chi connectivity index (χ2v) is 10.1. The van der Waals surface area contributed by atoms with Crippen LogP contribution in [0.5, 0.6) is 0 Å². The Hall–Kier alpha value is -4.26. The Balaban J connectivity index is 1.17. The van der Waals surface area contributed by atoms with E-state index in [1.807, 2.05) is 61.5 Å². The molecule has 0 radical (unpaired) electrons. The van der Waals surface area contributed by atoms with E-state index in [0.29, 0.717) is 41.1 Å². The molecular weight excluding hydrogens is 474 g/mol. The quantitative estimate of drug-likeness (QED) is 0.314. The van der Waals surface area contributed by atoms with Crippen molar-refractivity contribution < 1.29 is 9.59 Å². The van der Waals surface area contributed by atoms with Crippen molar-refractivity contribution >= 4 is 34.4 Å². The van der Waals surface area contributed by atoms with Crippen LogP contribution in [0.25, 0.3) is 10.9 Å². The van der Waals surface area contributed by atoms with Gasteiger partial charge < -0.3 is 15.5 Å². The first-order valence-corrected chi connectivity index (χ1v) is 13.2. The van der Waals surface area contributed by atoms with Crippen LogP contribution in [0.3, 0.4) is 0 Å². The third-order valence-corrected chi connectivity index (χ3v) is 7.19. The van der Waals surface area contributed by atoms with Crippen molar-refractivity contribution in [2.75, 3.05) is 30.9 Å². The van der Waals surface area contributed by atoms with Gasteiger partial charge in [0.2, 0.25) is 5.95 Å². The number of ketones is 1. The molecule has 0 aliphatic heterocycles.